The molecule has 0 amide bonds. The van der Waals surface area contributed by atoms with Crippen molar-refractivity contribution in [3.63, 3.8) is 0 Å². The van der Waals surface area contributed by atoms with Gasteiger partial charge in [-0.25, -0.2) is 4.79 Å². The highest BCUT2D eigenvalue weighted by atomic mass is 17.0. The van der Waals surface area contributed by atoms with E-state index in [1.54, 1.807) is 0 Å². The monoisotopic (exact) mass is 508 g/mol. The number of benzene rings is 2. The van der Waals surface area contributed by atoms with Crippen molar-refractivity contribution in [2.24, 2.45) is 0 Å². The van der Waals surface area contributed by atoms with Crippen LogP contribution in [0.25, 0.3) is 0 Å². The number of nitrogens with zero attached hydrogens (tertiary/aromatic N) is 2. The van der Waals surface area contributed by atoms with Crippen LogP contribution in [-0.4, -0.2) is 54.5 Å². The first-order valence-electron chi connectivity index (χ1n) is 9.99. The molecule has 15 nitrogen and oxygen atoms in total. The van der Waals surface area contributed by atoms with Crippen LogP contribution in [0.5, 0.6) is 17.2 Å². The Morgan fingerprint density at radius 3 is 2.22 bits per heavy atom. The van der Waals surface area contributed by atoms with Crippen molar-refractivity contribution in [2.75, 3.05) is 20.3 Å². The van der Waals surface area contributed by atoms with Crippen LogP contribution in [0.1, 0.15) is 22.8 Å². The Balaban J connectivity index is 2.02. The van der Waals surface area contributed by atoms with Gasteiger partial charge in [0.05, 0.1) is 13.5 Å². The number of para-hydroxylation sites is 1. The fourth-order valence-corrected chi connectivity index (χ4v) is 2.71. The van der Waals surface area contributed by atoms with E-state index in [4.69, 9.17) is 14.2 Å². The number of ether oxygens (including phenoxy) is 4. The highest BCUT2D eigenvalue weighted by molar-refractivity contribution is 5.95. The van der Waals surface area contributed by atoms with Crippen molar-refractivity contribution < 1.29 is 53.2 Å². The minimum Gasteiger partial charge on any atom is -0.491 e. The topological polar surface area (TPSA) is 193 Å². The molecule has 0 radical (unpaired) electrons. The lowest BCUT2D eigenvalue weighted by atomic mass is 10.1. The zero-order valence-corrected chi connectivity index (χ0v) is 18.9. The van der Waals surface area contributed by atoms with Crippen LogP contribution in [0.4, 0.5) is 0 Å². The molecule has 0 bridgehead atoms. The largest absolute Gasteiger partial charge is 0.491 e. The van der Waals surface area contributed by atoms with E-state index in [9.17, 15) is 34.6 Å². The molecule has 0 saturated carbocycles. The van der Waals surface area contributed by atoms with Gasteiger partial charge in [-0.15, -0.1) is 20.2 Å². The summed E-state index contributed by atoms with van der Waals surface area (Å²) in [4.78, 5) is 64.9. The van der Waals surface area contributed by atoms with Crippen molar-refractivity contribution in [3.05, 3.63) is 73.8 Å². The standard InChI is InChI=1S/C21H20N2O13/c1-13(24)34-20-17(21(26)31-2)4-3-5-18(20)35-19(25)10-14-6-8-15(9-7-14)32-11-16(36-23(29)30)12-33-22(27)28/h3-9,16H,10-12H2,1-2H3. The maximum atomic E-state index is 12.4. The van der Waals surface area contributed by atoms with Gasteiger partial charge >= 0.3 is 17.9 Å². The van der Waals surface area contributed by atoms with Crippen LogP contribution in [0.2, 0.25) is 0 Å². The summed E-state index contributed by atoms with van der Waals surface area (Å²) in [5.41, 5.74) is 0.378. The predicted molar refractivity (Wildman–Crippen MR) is 115 cm³/mol. The van der Waals surface area contributed by atoms with E-state index in [-0.39, 0.29) is 29.2 Å². The molecule has 0 heterocycles. The number of rotatable bonds is 13. The van der Waals surface area contributed by atoms with E-state index >= 15 is 0 Å². The molecule has 0 aliphatic carbocycles. The molecule has 0 N–H and O–H groups in total. The lowest BCUT2D eigenvalue weighted by Crippen LogP contribution is -2.30. The van der Waals surface area contributed by atoms with Crippen LogP contribution in [0, 0.1) is 20.2 Å². The average molecular weight is 508 g/mol. The molecule has 36 heavy (non-hydrogen) atoms. The minimum absolute atomic E-state index is 0.109. The molecule has 15 heteroatoms. The second-order valence-electron chi connectivity index (χ2n) is 6.79. The Bertz CT molecular complexity index is 1120. The summed E-state index contributed by atoms with van der Waals surface area (Å²) in [7, 11) is 1.14. The second kappa shape index (κ2) is 13.1. The van der Waals surface area contributed by atoms with E-state index in [0.29, 0.717) is 5.56 Å². The van der Waals surface area contributed by atoms with Gasteiger partial charge in [-0.2, -0.15) is 0 Å². The number of carbonyl (C=O) groups excluding carboxylic acids is 3. The van der Waals surface area contributed by atoms with Crippen molar-refractivity contribution in [2.45, 2.75) is 19.4 Å². The average Bonchev–Trinajstić information content (AvgIpc) is 2.81. The van der Waals surface area contributed by atoms with Crippen molar-refractivity contribution in [1.82, 2.24) is 0 Å². The van der Waals surface area contributed by atoms with Gasteiger partial charge in [-0.05, 0) is 29.8 Å². The number of carbonyl (C=O) groups is 3. The summed E-state index contributed by atoms with van der Waals surface area (Å²) in [5, 5.41) is 18.5. The van der Waals surface area contributed by atoms with Gasteiger partial charge in [0.2, 0.25) is 0 Å². The molecular weight excluding hydrogens is 488 g/mol. The summed E-state index contributed by atoms with van der Waals surface area (Å²) >= 11 is 0. The van der Waals surface area contributed by atoms with Gasteiger partial charge < -0.3 is 28.6 Å². The zero-order chi connectivity index (χ0) is 26.7. The summed E-state index contributed by atoms with van der Waals surface area (Å²) in [6.07, 6.45) is -1.57. The van der Waals surface area contributed by atoms with Gasteiger partial charge in [0, 0.05) is 6.92 Å². The molecule has 0 aliphatic rings. The third kappa shape index (κ3) is 8.77. The third-order valence-corrected chi connectivity index (χ3v) is 4.16. The molecule has 2 aromatic carbocycles. The molecule has 1 unspecified atom stereocenters. The number of hydrogen-bond donors (Lipinski definition) is 0. The van der Waals surface area contributed by atoms with Crippen LogP contribution in [0.15, 0.2) is 42.5 Å². The van der Waals surface area contributed by atoms with Crippen LogP contribution >= 0.6 is 0 Å². The number of hydrogen-bond acceptors (Lipinski definition) is 13. The normalized spacial score (nSPS) is 10.9. The van der Waals surface area contributed by atoms with E-state index < -0.39 is 47.4 Å². The highest BCUT2D eigenvalue weighted by Crippen LogP contribution is 2.32. The van der Waals surface area contributed by atoms with Crippen LogP contribution in [-0.2, 0) is 30.4 Å². The fourth-order valence-electron chi connectivity index (χ4n) is 2.71. The van der Waals surface area contributed by atoms with Crippen LogP contribution in [0.3, 0.4) is 0 Å². The Labute approximate surface area is 202 Å². The first-order valence-corrected chi connectivity index (χ1v) is 9.99. The predicted octanol–water partition coefficient (Wildman–Crippen LogP) is 1.71. The number of esters is 3. The van der Waals surface area contributed by atoms with E-state index in [2.05, 4.69) is 14.4 Å². The van der Waals surface area contributed by atoms with Crippen molar-refractivity contribution >= 4 is 17.9 Å². The molecule has 0 fully saturated rings. The molecule has 2 rings (SSSR count). The smallest absolute Gasteiger partial charge is 0.341 e. The quantitative estimate of drug-likeness (QED) is 0.164. The maximum absolute atomic E-state index is 12.4. The Hall–Kier alpha value is -4.95. The van der Waals surface area contributed by atoms with Crippen molar-refractivity contribution in [3.8, 4) is 17.2 Å². The number of methoxy groups -OCH3 is 1. The van der Waals surface area contributed by atoms with E-state index in [0.717, 1.165) is 14.0 Å². The van der Waals surface area contributed by atoms with E-state index in [1.165, 1.54) is 42.5 Å². The first kappa shape index (κ1) is 27.3. The van der Waals surface area contributed by atoms with Crippen LogP contribution < -0.4 is 14.2 Å². The Kier molecular flexibility index (Phi) is 9.91. The molecular formula is C21H20N2O13. The molecule has 1 atom stereocenters. The lowest BCUT2D eigenvalue weighted by Gasteiger charge is -2.15. The maximum Gasteiger partial charge on any atom is 0.341 e. The minimum atomic E-state index is -1.35. The molecule has 0 aromatic heterocycles. The van der Waals surface area contributed by atoms with E-state index in [1.807, 2.05) is 0 Å². The second-order valence-corrected chi connectivity index (χ2v) is 6.79. The molecule has 192 valence electrons. The van der Waals surface area contributed by atoms with Gasteiger partial charge in [0.1, 0.15) is 24.5 Å². The SMILES string of the molecule is COC(=O)c1cccc(OC(=O)Cc2ccc(OCC(CO[N+](=O)[O-])O[N+](=O)[O-])cc2)c1OC(C)=O. The molecule has 0 saturated heterocycles. The zero-order valence-electron chi connectivity index (χ0n) is 18.9. The third-order valence-electron chi connectivity index (χ3n) is 4.16. The van der Waals surface area contributed by atoms with Gasteiger partial charge in [0.25, 0.3) is 10.2 Å². The molecule has 0 spiro atoms. The Morgan fingerprint density at radius 1 is 0.944 bits per heavy atom. The van der Waals surface area contributed by atoms with Gasteiger partial charge in [-0.3, -0.25) is 9.59 Å². The molecule has 2 aromatic rings. The Morgan fingerprint density at radius 2 is 1.64 bits per heavy atom. The summed E-state index contributed by atoms with van der Waals surface area (Å²) < 4.78 is 20.3. The van der Waals surface area contributed by atoms with Crippen molar-refractivity contribution in [1.29, 1.82) is 0 Å². The van der Waals surface area contributed by atoms with Gasteiger partial charge in [0.15, 0.2) is 17.6 Å². The summed E-state index contributed by atoms with van der Waals surface area (Å²) in [5.74, 6) is -2.47. The van der Waals surface area contributed by atoms with Gasteiger partial charge in [-0.1, -0.05) is 18.2 Å². The lowest BCUT2D eigenvalue weighted by molar-refractivity contribution is -0.790. The molecule has 0 aliphatic heterocycles. The first-order chi connectivity index (χ1) is 17.1. The highest BCUT2D eigenvalue weighted by Gasteiger charge is 2.22. The summed E-state index contributed by atoms with van der Waals surface area (Å²) in [6.45, 7) is -0.0273. The summed E-state index contributed by atoms with van der Waals surface area (Å²) in [6, 6.07) is 10.00. The fraction of sp³-hybridized carbons (Fsp3) is 0.286.